The Kier molecular flexibility index (Phi) is 3.51. The lowest BCUT2D eigenvalue weighted by molar-refractivity contribution is 0.116. The van der Waals surface area contributed by atoms with Crippen molar-refractivity contribution in [3.8, 4) is 0 Å². The Bertz CT molecular complexity index is 323. The van der Waals surface area contributed by atoms with Crippen molar-refractivity contribution in [3.05, 3.63) is 35.4 Å². The molecule has 2 N–H and O–H groups in total. The largest absolute Gasteiger partial charge is 0.446 e. The normalized spacial score (nSPS) is 12.1. The molecular formula is C11H15NO2. The van der Waals surface area contributed by atoms with Crippen LogP contribution in [0.1, 0.15) is 18.1 Å². The van der Waals surface area contributed by atoms with Gasteiger partial charge in [0.2, 0.25) is 0 Å². The first-order valence-corrected chi connectivity index (χ1v) is 4.59. The van der Waals surface area contributed by atoms with Crippen molar-refractivity contribution in [2.24, 2.45) is 5.73 Å². The number of hydrogen-bond donors (Lipinski definition) is 1. The molecule has 1 atom stereocenters. The number of rotatable bonds is 3. The summed E-state index contributed by atoms with van der Waals surface area (Å²) in [5.41, 5.74) is 7.27. The van der Waals surface area contributed by atoms with Crippen LogP contribution in [0.5, 0.6) is 0 Å². The zero-order valence-electron chi connectivity index (χ0n) is 8.49. The summed E-state index contributed by atoms with van der Waals surface area (Å²) in [7, 11) is 0. The summed E-state index contributed by atoms with van der Waals surface area (Å²) < 4.78 is 4.83. The maximum absolute atomic E-state index is 10.5. The van der Waals surface area contributed by atoms with Crippen LogP contribution in [0.2, 0.25) is 0 Å². The van der Waals surface area contributed by atoms with Gasteiger partial charge in [-0.25, -0.2) is 4.79 Å². The van der Waals surface area contributed by atoms with Crippen LogP contribution in [-0.4, -0.2) is 12.2 Å². The number of aryl methyl sites for hydroxylation is 1. The van der Waals surface area contributed by atoms with E-state index in [1.54, 1.807) is 0 Å². The second-order valence-corrected chi connectivity index (χ2v) is 3.44. The lowest BCUT2D eigenvalue weighted by Crippen LogP contribution is -2.21. The molecule has 0 aliphatic heterocycles. The Morgan fingerprint density at radius 1 is 1.57 bits per heavy atom. The quantitative estimate of drug-likeness (QED) is 0.798. The highest BCUT2D eigenvalue weighted by Crippen LogP contribution is 2.08. The van der Waals surface area contributed by atoms with Crippen molar-refractivity contribution in [2.75, 3.05) is 0 Å². The van der Waals surface area contributed by atoms with Crippen molar-refractivity contribution in [1.82, 2.24) is 0 Å². The number of primary amides is 1. The summed E-state index contributed by atoms with van der Waals surface area (Å²) in [6.07, 6.45) is -0.190. The molecule has 0 unspecified atom stereocenters. The molecule has 1 rings (SSSR count). The second kappa shape index (κ2) is 4.65. The highest BCUT2D eigenvalue weighted by atomic mass is 16.6. The van der Waals surface area contributed by atoms with Crippen LogP contribution in [0.4, 0.5) is 4.79 Å². The number of carbonyl (C=O) groups excluding carboxylic acids is 1. The highest BCUT2D eigenvalue weighted by Gasteiger charge is 2.06. The summed E-state index contributed by atoms with van der Waals surface area (Å²) in [6.45, 7) is 3.86. The molecule has 14 heavy (non-hydrogen) atoms. The molecule has 0 spiro atoms. The Morgan fingerprint density at radius 2 is 2.29 bits per heavy atom. The molecule has 0 bridgehead atoms. The standard InChI is InChI=1S/C11H15NO2/c1-8-4-3-5-10(6-8)7-9(2)14-11(12)13/h3-6,9H,7H2,1-2H3,(H2,12,13)/t9-/m0/s1. The minimum Gasteiger partial charge on any atom is -0.446 e. The molecule has 3 heteroatoms. The number of carbonyl (C=O) groups is 1. The van der Waals surface area contributed by atoms with E-state index in [4.69, 9.17) is 10.5 Å². The molecule has 3 nitrogen and oxygen atoms in total. The second-order valence-electron chi connectivity index (χ2n) is 3.44. The Morgan fingerprint density at radius 3 is 2.86 bits per heavy atom. The van der Waals surface area contributed by atoms with E-state index in [1.807, 2.05) is 32.0 Å². The molecule has 0 fully saturated rings. The van der Waals surface area contributed by atoms with Gasteiger partial charge in [0.15, 0.2) is 0 Å². The van der Waals surface area contributed by atoms with Gasteiger partial charge >= 0.3 is 6.09 Å². The van der Waals surface area contributed by atoms with Crippen molar-refractivity contribution >= 4 is 6.09 Å². The summed E-state index contributed by atoms with van der Waals surface area (Å²) in [5.74, 6) is 0. The average Bonchev–Trinajstić information content (AvgIpc) is 2.01. The van der Waals surface area contributed by atoms with Gasteiger partial charge in [-0.2, -0.15) is 0 Å². The van der Waals surface area contributed by atoms with Crippen LogP contribution in [0.25, 0.3) is 0 Å². The van der Waals surface area contributed by atoms with Crippen LogP contribution in [0.3, 0.4) is 0 Å². The number of ether oxygens (including phenoxy) is 1. The van der Waals surface area contributed by atoms with Gasteiger partial charge in [0, 0.05) is 6.42 Å². The Hall–Kier alpha value is -1.51. The van der Waals surface area contributed by atoms with Gasteiger partial charge in [-0.15, -0.1) is 0 Å². The number of hydrogen-bond acceptors (Lipinski definition) is 2. The highest BCUT2D eigenvalue weighted by molar-refractivity contribution is 5.64. The fourth-order valence-corrected chi connectivity index (χ4v) is 1.41. The predicted molar refractivity (Wildman–Crippen MR) is 55.0 cm³/mol. The predicted octanol–water partition coefficient (Wildman–Crippen LogP) is 2.02. The minimum atomic E-state index is -0.717. The van der Waals surface area contributed by atoms with Crippen molar-refractivity contribution < 1.29 is 9.53 Å². The van der Waals surface area contributed by atoms with Gasteiger partial charge in [-0.1, -0.05) is 29.8 Å². The molecule has 0 aromatic heterocycles. The number of nitrogens with two attached hydrogens (primary N) is 1. The molecule has 0 saturated carbocycles. The van der Waals surface area contributed by atoms with Crippen molar-refractivity contribution in [1.29, 1.82) is 0 Å². The monoisotopic (exact) mass is 193 g/mol. The summed E-state index contributed by atoms with van der Waals surface area (Å²) >= 11 is 0. The van der Waals surface area contributed by atoms with Gasteiger partial charge in [0.05, 0.1) is 0 Å². The lowest BCUT2D eigenvalue weighted by Gasteiger charge is -2.11. The first-order chi connectivity index (χ1) is 6.58. The minimum absolute atomic E-state index is 0.172. The molecule has 1 aromatic carbocycles. The van der Waals surface area contributed by atoms with Gasteiger partial charge in [-0.3, -0.25) is 0 Å². The first kappa shape index (κ1) is 10.6. The van der Waals surface area contributed by atoms with E-state index in [9.17, 15) is 4.79 Å². The fraction of sp³-hybridized carbons (Fsp3) is 0.364. The molecule has 1 amide bonds. The molecule has 0 aliphatic carbocycles. The maximum Gasteiger partial charge on any atom is 0.404 e. The van der Waals surface area contributed by atoms with E-state index in [0.29, 0.717) is 6.42 Å². The first-order valence-electron chi connectivity index (χ1n) is 4.59. The van der Waals surface area contributed by atoms with Crippen molar-refractivity contribution in [3.63, 3.8) is 0 Å². The van der Waals surface area contributed by atoms with Crippen molar-refractivity contribution in [2.45, 2.75) is 26.4 Å². The molecule has 1 aromatic rings. The van der Waals surface area contributed by atoms with E-state index in [-0.39, 0.29) is 6.10 Å². The third-order valence-corrected chi connectivity index (χ3v) is 1.92. The SMILES string of the molecule is Cc1cccc(C[C@H](C)OC(N)=O)c1. The van der Waals surface area contributed by atoms with Crippen LogP contribution < -0.4 is 5.73 Å². The lowest BCUT2D eigenvalue weighted by atomic mass is 10.1. The summed E-state index contributed by atoms with van der Waals surface area (Å²) in [4.78, 5) is 10.5. The van der Waals surface area contributed by atoms with E-state index in [2.05, 4.69) is 6.07 Å². The van der Waals surface area contributed by atoms with E-state index in [1.165, 1.54) is 5.56 Å². The molecule has 0 radical (unpaired) electrons. The average molecular weight is 193 g/mol. The van der Waals surface area contributed by atoms with Crippen LogP contribution in [0.15, 0.2) is 24.3 Å². The van der Waals surface area contributed by atoms with Gasteiger partial charge in [0.1, 0.15) is 6.10 Å². The summed E-state index contributed by atoms with van der Waals surface area (Å²) in [5, 5.41) is 0. The topological polar surface area (TPSA) is 52.3 Å². The third-order valence-electron chi connectivity index (χ3n) is 1.92. The van der Waals surface area contributed by atoms with E-state index < -0.39 is 6.09 Å². The molecule has 76 valence electrons. The van der Waals surface area contributed by atoms with Gasteiger partial charge in [-0.05, 0) is 19.4 Å². The molecular weight excluding hydrogens is 178 g/mol. The molecule has 0 saturated heterocycles. The van der Waals surface area contributed by atoms with Gasteiger partial charge < -0.3 is 10.5 Å². The fourth-order valence-electron chi connectivity index (χ4n) is 1.41. The molecule has 0 aliphatic rings. The zero-order valence-corrected chi connectivity index (χ0v) is 8.49. The van der Waals surface area contributed by atoms with E-state index >= 15 is 0 Å². The van der Waals surface area contributed by atoms with E-state index in [0.717, 1.165) is 5.56 Å². The van der Waals surface area contributed by atoms with Crippen LogP contribution in [0, 0.1) is 6.92 Å². The third kappa shape index (κ3) is 3.47. The van der Waals surface area contributed by atoms with Gasteiger partial charge in [0.25, 0.3) is 0 Å². The zero-order chi connectivity index (χ0) is 10.6. The number of benzene rings is 1. The summed E-state index contributed by atoms with van der Waals surface area (Å²) in [6, 6.07) is 8.10. The number of amides is 1. The van der Waals surface area contributed by atoms with Crippen LogP contribution in [-0.2, 0) is 11.2 Å². The maximum atomic E-state index is 10.5. The van der Waals surface area contributed by atoms with Crippen LogP contribution >= 0.6 is 0 Å². The Balaban J connectivity index is 2.55. The smallest absolute Gasteiger partial charge is 0.404 e. The molecule has 0 heterocycles. The Labute approximate surface area is 83.9 Å².